The van der Waals surface area contributed by atoms with Crippen molar-refractivity contribution in [2.45, 2.75) is 57.2 Å². The smallest absolute Gasteiger partial charge is 0.222 e. The average Bonchev–Trinajstić information content (AvgIpc) is 3.21. The van der Waals surface area contributed by atoms with E-state index in [-0.39, 0.29) is 29.8 Å². The molecule has 0 aromatic rings. The second kappa shape index (κ2) is 9.15. The summed E-state index contributed by atoms with van der Waals surface area (Å²) in [5, 5.41) is 5.99. The van der Waals surface area contributed by atoms with E-state index in [0.29, 0.717) is 44.7 Å². The monoisotopic (exact) mass is 367 g/mol. The van der Waals surface area contributed by atoms with E-state index in [1.165, 1.54) is 0 Å². The summed E-state index contributed by atoms with van der Waals surface area (Å²) < 4.78 is 11.0. The molecular formula is C19H33N3O4. The van der Waals surface area contributed by atoms with Crippen LogP contribution in [0.3, 0.4) is 0 Å². The molecule has 3 fully saturated rings. The van der Waals surface area contributed by atoms with Gasteiger partial charge >= 0.3 is 0 Å². The summed E-state index contributed by atoms with van der Waals surface area (Å²) in [7, 11) is 1.62. The van der Waals surface area contributed by atoms with Crippen LogP contribution in [0.1, 0.15) is 39.0 Å². The fourth-order valence-corrected chi connectivity index (χ4v) is 4.46. The largest absolute Gasteiger partial charge is 0.383 e. The summed E-state index contributed by atoms with van der Waals surface area (Å²) >= 11 is 0. The molecule has 2 N–H and O–H groups in total. The predicted octanol–water partition coefficient (Wildman–Crippen LogP) is 0.533. The summed E-state index contributed by atoms with van der Waals surface area (Å²) in [6, 6.07) is 0.735. The Labute approximate surface area is 156 Å². The molecule has 26 heavy (non-hydrogen) atoms. The molecule has 0 aromatic carbocycles. The molecule has 0 aromatic heterocycles. The Balaban J connectivity index is 1.58. The molecule has 0 spiro atoms. The molecule has 148 valence electrons. The molecule has 2 amide bonds. The highest BCUT2D eigenvalue weighted by atomic mass is 16.5. The number of fused-ring (bicyclic) bond motifs is 1. The van der Waals surface area contributed by atoms with Gasteiger partial charge in [0.05, 0.1) is 25.7 Å². The molecule has 0 unspecified atom stereocenters. The number of amides is 2. The van der Waals surface area contributed by atoms with Crippen LogP contribution in [0, 0.1) is 11.8 Å². The van der Waals surface area contributed by atoms with Crippen molar-refractivity contribution in [2.24, 2.45) is 11.8 Å². The van der Waals surface area contributed by atoms with E-state index in [1.54, 1.807) is 7.11 Å². The Kier molecular flexibility index (Phi) is 6.89. The van der Waals surface area contributed by atoms with Crippen molar-refractivity contribution in [1.29, 1.82) is 0 Å². The number of ether oxygens (including phenoxy) is 2. The first kappa shape index (κ1) is 19.6. The van der Waals surface area contributed by atoms with Gasteiger partial charge in [0.2, 0.25) is 11.8 Å². The number of methoxy groups -OCH3 is 1. The molecule has 0 radical (unpaired) electrons. The number of likely N-dealkylation sites (tertiary alicyclic amines) is 1. The highest BCUT2D eigenvalue weighted by Crippen LogP contribution is 2.41. The van der Waals surface area contributed by atoms with Gasteiger partial charge in [0, 0.05) is 44.6 Å². The normalized spacial score (nSPS) is 31.0. The summed E-state index contributed by atoms with van der Waals surface area (Å²) in [4.78, 5) is 27.0. The quantitative estimate of drug-likeness (QED) is 0.551. The van der Waals surface area contributed by atoms with E-state index >= 15 is 0 Å². The van der Waals surface area contributed by atoms with Gasteiger partial charge in [0.15, 0.2) is 0 Å². The van der Waals surface area contributed by atoms with Crippen LogP contribution in [-0.4, -0.2) is 74.9 Å². The molecule has 7 nitrogen and oxygen atoms in total. The molecule has 2 saturated heterocycles. The fourth-order valence-electron chi connectivity index (χ4n) is 4.46. The Morgan fingerprint density at radius 1 is 1.23 bits per heavy atom. The van der Waals surface area contributed by atoms with Crippen LogP contribution in [0.25, 0.3) is 0 Å². The minimum atomic E-state index is -0.0943. The number of carbonyl (C=O) groups excluding carboxylic acids is 2. The topological polar surface area (TPSA) is 79.9 Å². The molecule has 3 rings (SSSR count). The third-order valence-corrected chi connectivity index (χ3v) is 5.75. The van der Waals surface area contributed by atoms with Gasteiger partial charge < -0.3 is 20.1 Å². The van der Waals surface area contributed by atoms with Gasteiger partial charge in [-0.25, -0.2) is 0 Å². The van der Waals surface area contributed by atoms with Gasteiger partial charge in [-0.05, 0) is 31.7 Å². The number of hydrogen-bond acceptors (Lipinski definition) is 5. The fraction of sp³-hybridized carbons (Fsp3) is 0.895. The van der Waals surface area contributed by atoms with Crippen molar-refractivity contribution < 1.29 is 19.1 Å². The molecule has 2 aliphatic heterocycles. The Bertz CT molecular complexity index is 497. The van der Waals surface area contributed by atoms with E-state index < -0.39 is 0 Å². The lowest BCUT2D eigenvalue weighted by Gasteiger charge is -2.23. The number of hydrogen-bond donors (Lipinski definition) is 2. The van der Waals surface area contributed by atoms with Crippen molar-refractivity contribution in [3.63, 3.8) is 0 Å². The molecule has 2 heterocycles. The zero-order chi connectivity index (χ0) is 18.5. The van der Waals surface area contributed by atoms with Crippen LogP contribution in [0.4, 0.5) is 0 Å². The zero-order valence-electron chi connectivity index (χ0n) is 16.0. The molecule has 1 aliphatic carbocycles. The molecule has 4 atom stereocenters. The highest BCUT2D eigenvalue weighted by Gasteiger charge is 2.50. The van der Waals surface area contributed by atoms with Crippen LogP contribution < -0.4 is 10.6 Å². The number of carbonyl (C=O) groups is 2. The summed E-state index contributed by atoms with van der Waals surface area (Å²) in [5.74, 6) is 0.692. The average molecular weight is 367 g/mol. The first-order chi connectivity index (χ1) is 12.6. The maximum atomic E-state index is 12.3. The maximum Gasteiger partial charge on any atom is 0.222 e. The summed E-state index contributed by atoms with van der Waals surface area (Å²) in [5.41, 5.74) is 0. The van der Waals surface area contributed by atoms with Gasteiger partial charge in [0.25, 0.3) is 0 Å². The van der Waals surface area contributed by atoms with Gasteiger partial charge in [-0.15, -0.1) is 0 Å². The first-order valence-corrected chi connectivity index (χ1v) is 10.0. The van der Waals surface area contributed by atoms with Gasteiger partial charge in [-0.1, -0.05) is 6.92 Å². The van der Waals surface area contributed by atoms with E-state index in [4.69, 9.17) is 9.47 Å². The summed E-state index contributed by atoms with van der Waals surface area (Å²) in [6.45, 7) is 5.84. The van der Waals surface area contributed by atoms with E-state index in [2.05, 4.69) is 22.5 Å². The number of nitrogens with zero attached hydrogens (tertiary/aromatic N) is 1. The maximum absolute atomic E-state index is 12.3. The van der Waals surface area contributed by atoms with Crippen LogP contribution in [0.2, 0.25) is 0 Å². The van der Waals surface area contributed by atoms with Crippen LogP contribution in [-0.2, 0) is 19.1 Å². The van der Waals surface area contributed by atoms with E-state index in [9.17, 15) is 9.59 Å². The molecule has 3 aliphatic rings. The summed E-state index contributed by atoms with van der Waals surface area (Å²) in [6.07, 6.45) is 4.12. The Morgan fingerprint density at radius 2 is 2.04 bits per heavy atom. The standard InChI is InChI=1S/C19H33N3O4/c1-3-7-22-11-13(9-18(24)21-14-4-5-14)19-15(22)12-26-16(19)10-17(23)20-6-8-25-2/h13-16,19H,3-12H2,1-2H3,(H,20,23)(H,21,24)/t13-,15-,16+,19-/m1/s1. The lowest BCUT2D eigenvalue weighted by Crippen LogP contribution is -2.36. The van der Waals surface area contributed by atoms with E-state index in [1.807, 2.05) is 0 Å². The van der Waals surface area contributed by atoms with Crippen molar-refractivity contribution in [1.82, 2.24) is 15.5 Å². The lowest BCUT2D eigenvalue weighted by atomic mass is 9.84. The van der Waals surface area contributed by atoms with Gasteiger partial charge in [0.1, 0.15) is 0 Å². The second-order valence-electron chi connectivity index (χ2n) is 7.86. The van der Waals surface area contributed by atoms with Crippen LogP contribution in [0.15, 0.2) is 0 Å². The van der Waals surface area contributed by atoms with Crippen molar-refractivity contribution in [3.8, 4) is 0 Å². The highest BCUT2D eigenvalue weighted by molar-refractivity contribution is 5.77. The number of nitrogens with one attached hydrogen (secondary N) is 2. The lowest BCUT2D eigenvalue weighted by molar-refractivity contribution is -0.124. The van der Waals surface area contributed by atoms with Crippen molar-refractivity contribution in [3.05, 3.63) is 0 Å². The van der Waals surface area contributed by atoms with Crippen LogP contribution in [0.5, 0.6) is 0 Å². The zero-order valence-corrected chi connectivity index (χ0v) is 16.0. The predicted molar refractivity (Wildman–Crippen MR) is 97.7 cm³/mol. The Morgan fingerprint density at radius 3 is 2.73 bits per heavy atom. The molecular weight excluding hydrogens is 334 g/mol. The van der Waals surface area contributed by atoms with E-state index in [0.717, 1.165) is 32.4 Å². The molecule has 7 heteroatoms. The van der Waals surface area contributed by atoms with Gasteiger partial charge in [-0.3, -0.25) is 14.5 Å². The Hall–Kier alpha value is -1.18. The van der Waals surface area contributed by atoms with Crippen LogP contribution >= 0.6 is 0 Å². The third-order valence-electron chi connectivity index (χ3n) is 5.75. The van der Waals surface area contributed by atoms with Crippen molar-refractivity contribution >= 4 is 11.8 Å². The van der Waals surface area contributed by atoms with Gasteiger partial charge in [-0.2, -0.15) is 0 Å². The molecule has 1 saturated carbocycles. The SMILES string of the molecule is CCCN1C[C@@H](CC(=O)NC2CC2)[C@H]2[C@H](CC(=O)NCCOC)OC[C@H]21. The minimum Gasteiger partial charge on any atom is -0.383 e. The third kappa shape index (κ3) is 4.96. The minimum absolute atomic E-state index is 0.00261. The second-order valence-corrected chi connectivity index (χ2v) is 7.86. The number of rotatable bonds is 10. The van der Waals surface area contributed by atoms with Crippen molar-refractivity contribution in [2.75, 3.05) is 40.0 Å². The first-order valence-electron chi connectivity index (χ1n) is 10.0. The molecule has 0 bridgehead atoms.